The van der Waals surface area contributed by atoms with E-state index in [2.05, 4.69) is 11.4 Å². The number of hydrogen-bond donors (Lipinski definition) is 1. The van der Waals surface area contributed by atoms with Crippen molar-refractivity contribution in [2.45, 2.75) is 31.9 Å². The Morgan fingerprint density at radius 1 is 1.16 bits per heavy atom. The van der Waals surface area contributed by atoms with E-state index in [0.29, 0.717) is 11.8 Å². The molecule has 102 valence electrons. The van der Waals surface area contributed by atoms with Gasteiger partial charge >= 0.3 is 0 Å². The Kier molecular flexibility index (Phi) is 3.01. The Bertz CT molecular complexity index is 520. The minimum Gasteiger partial charge on any atom is -0.493 e. The van der Waals surface area contributed by atoms with Gasteiger partial charge in [-0.05, 0) is 31.9 Å². The zero-order chi connectivity index (χ0) is 13.4. The maximum Gasteiger partial charge on any atom is 0.164 e. The van der Waals surface area contributed by atoms with Crippen LogP contribution in [0.2, 0.25) is 0 Å². The Labute approximate surface area is 113 Å². The first kappa shape index (κ1) is 12.2. The molecule has 19 heavy (non-hydrogen) atoms. The second kappa shape index (κ2) is 4.68. The van der Waals surface area contributed by atoms with Gasteiger partial charge in [-0.2, -0.15) is 0 Å². The van der Waals surface area contributed by atoms with Crippen LogP contribution < -0.4 is 19.5 Å². The van der Waals surface area contributed by atoms with E-state index in [9.17, 15) is 0 Å². The average molecular weight is 261 g/mol. The summed E-state index contributed by atoms with van der Waals surface area (Å²) in [5.74, 6) is 2.26. The standard InChI is InChI=1S/C15H19NO3/c1-9-6-12(16-10-4-5-10)11-7-14(17-2)15(18-3)8-13(11)19-9/h6-10,16H,4-5H2,1-3H3. The monoisotopic (exact) mass is 261 g/mol. The van der Waals surface area contributed by atoms with Gasteiger partial charge in [0.15, 0.2) is 11.5 Å². The second-order valence-electron chi connectivity index (χ2n) is 5.03. The van der Waals surface area contributed by atoms with Crippen LogP contribution in [0.1, 0.15) is 25.3 Å². The lowest BCUT2D eigenvalue weighted by Crippen LogP contribution is -2.23. The van der Waals surface area contributed by atoms with Crippen LogP contribution in [0.3, 0.4) is 0 Å². The Morgan fingerprint density at radius 2 is 1.84 bits per heavy atom. The smallest absolute Gasteiger partial charge is 0.164 e. The first-order valence-corrected chi connectivity index (χ1v) is 6.62. The summed E-state index contributed by atoms with van der Waals surface area (Å²) in [6.07, 6.45) is 4.67. The van der Waals surface area contributed by atoms with Crippen molar-refractivity contribution in [3.05, 3.63) is 23.8 Å². The number of benzene rings is 1. The molecule has 0 bridgehead atoms. The first-order chi connectivity index (χ1) is 9.21. The number of rotatable bonds is 4. The fraction of sp³-hybridized carbons (Fsp3) is 0.467. The number of nitrogens with one attached hydrogen (secondary N) is 1. The van der Waals surface area contributed by atoms with Crippen LogP contribution in [-0.4, -0.2) is 26.4 Å². The molecule has 1 aromatic rings. The molecular formula is C15H19NO3. The van der Waals surface area contributed by atoms with Crippen LogP contribution in [0.5, 0.6) is 17.2 Å². The van der Waals surface area contributed by atoms with Gasteiger partial charge < -0.3 is 19.5 Å². The maximum atomic E-state index is 5.85. The lowest BCUT2D eigenvalue weighted by atomic mass is 10.0. The summed E-state index contributed by atoms with van der Waals surface area (Å²) >= 11 is 0. The molecule has 1 aliphatic heterocycles. The fourth-order valence-electron chi connectivity index (χ4n) is 2.30. The van der Waals surface area contributed by atoms with Gasteiger partial charge in [-0.3, -0.25) is 0 Å². The van der Waals surface area contributed by atoms with E-state index in [1.165, 1.54) is 12.8 Å². The molecule has 1 fully saturated rings. The van der Waals surface area contributed by atoms with Crippen LogP contribution >= 0.6 is 0 Å². The molecule has 1 saturated carbocycles. The highest BCUT2D eigenvalue weighted by Crippen LogP contribution is 2.40. The molecule has 1 heterocycles. The molecule has 1 aliphatic carbocycles. The van der Waals surface area contributed by atoms with E-state index in [-0.39, 0.29) is 6.10 Å². The predicted molar refractivity (Wildman–Crippen MR) is 73.8 cm³/mol. The normalized spacial score (nSPS) is 21.0. The Balaban J connectivity index is 2.01. The van der Waals surface area contributed by atoms with Crippen molar-refractivity contribution in [2.24, 2.45) is 0 Å². The number of fused-ring (bicyclic) bond motifs is 1. The largest absolute Gasteiger partial charge is 0.493 e. The van der Waals surface area contributed by atoms with E-state index in [1.54, 1.807) is 14.2 Å². The molecule has 0 radical (unpaired) electrons. The summed E-state index contributed by atoms with van der Waals surface area (Å²) in [4.78, 5) is 0. The Hall–Kier alpha value is -1.84. The molecule has 3 rings (SSSR count). The van der Waals surface area contributed by atoms with E-state index in [1.807, 2.05) is 19.1 Å². The predicted octanol–water partition coefficient (Wildman–Crippen LogP) is 2.58. The van der Waals surface area contributed by atoms with E-state index in [4.69, 9.17) is 14.2 Å². The minimum absolute atomic E-state index is 0.0619. The SMILES string of the molecule is COc1cc2c(cc1OC)C(NC1CC1)=CC(C)O2. The van der Waals surface area contributed by atoms with Crippen molar-refractivity contribution in [1.82, 2.24) is 5.32 Å². The molecule has 4 heteroatoms. The molecule has 0 aromatic heterocycles. The van der Waals surface area contributed by atoms with Crippen LogP contribution in [0.15, 0.2) is 18.2 Å². The van der Waals surface area contributed by atoms with Gasteiger partial charge in [0.05, 0.1) is 14.2 Å². The van der Waals surface area contributed by atoms with Gasteiger partial charge in [0.1, 0.15) is 11.9 Å². The third-order valence-electron chi connectivity index (χ3n) is 3.43. The summed E-state index contributed by atoms with van der Waals surface area (Å²) in [5, 5.41) is 3.55. The van der Waals surface area contributed by atoms with Gasteiger partial charge in [-0.1, -0.05) is 0 Å². The quantitative estimate of drug-likeness (QED) is 0.904. The molecule has 0 spiro atoms. The van der Waals surface area contributed by atoms with Crippen molar-refractivity contribution in [1.29, 1.82) is 0 Å². The molecule has 1 atom stereocenters. The summed E-state index contributed by atoms with van der Waals surface area (Å²) in [6, 6.07) is 4.48. The average Bonchev–Trinajstić information content (AvgIpc) is 3.21. The third-order valence-corrected chi connectivity index (χ3v) is 3.43. The molecule has 1 unspecified atom stereocenters. The molecule has 0 amide bonds. The lowest BCUT2D eigenvalue weighted by molar-refractivity contribution is 0.261. The highest BCUT2D eigenvalue weighted by molar-refractivity contribution is 5.74. The summed E-state index contributed by atoms with van der Waals surface area (Å²) in [7, 11) is 3.28. The van der Waals surface area contributed by atoms with Crippen molar-refractivity contribution >= 4 is 5.70 Å². The van der Waals surface area contributed by atoms with E-state index < -0.39 is 0 Å². The summed E-state index contributed by atoms with van der Waals surface area (Å²) < 4.78 is 16.5. The zero-order valence-electron chi connectivity index (χ0n) is 11.5. The summed E-state index contributed by atoms with van der Waals surface area (Å²) in [6.45, 7) is 2.04. The molecule has 0 saturated heterocycles. The Morgan fingerprint density at radius 3 is 2.47 bits per heavy atom. The van der Waals surface area contributed by atoms with Crippen LogP contribution in [0, 0.1) is 0 Å². The van der Waals surface area contributed by atoms with Crippen molar-refractivity contribution in [3.8, 4) is 17.2 Å². The van der Waals surface area contributed by atoms with Crippen molar-refractivity contribution in [3.63, 3.8) is 0 Å². The highest BCUT2D eigenvalue weighted by atomic mass is 16.5. The van der Waals surface area contributed by atoms with Crippen molar-refractivity contribution in [2.75, 3.05) is 14.2 Å². The number of ether oxygens (including phenoxy) is 3. The van der Waals surface area contributed by atoms with Gasteiger partial charge in [-0.25, -0.2) is 0 Å². The number of hydrogen-bond acceptors (Lipinski definition) is 4. The van der Waals surface area contributed by atoms with Crippen LogP contribution in [0.4, 0.5) is 0 Å². The third kappa shape index (κ3) is 2.35. The lowest BCUT2D eigenvalue weighted by Gasteiger charge is -2.25. The van der Waals surface area contributed by atoms with Crippen LogP contribution in [0.25, 0.3) is 5.70 Å². The van der Waals surface area contributed by atoms with E-state index >= 15 is 0 Å². The topological polar surface area (TPSA) is 39.7 Å². The second-order valence-corrected chi connectivity index (χ2v) is 5.03. The molecular weight excluding hydrogens is 242 g/mol. The van der Waals surface area contributed by atoms with Crippen molar-refractivity contribution < 1.29 is 14.2 Å². The summed E-state index contributed by atoms with van der Waals surface area (Å²) in [5.41, 5.74) is 2.18. The maximum absolute atomic E-state index is 5.85. The first-order valence-electron chi connectivity index (χ1n) is 6.62. The van der Waals surface area contributed by atoms with Gasteiger partial charge in [0.25, 0.3) is 0 Å². The highest BCUT2D eigenvalue weighted by Gasteiger charge is 2.27. The number of methoxy groups -OCH3 is 2. The minimum atomic E-state index is 0.0619. The van der Waals surface area contributed by atoms with Crippen LogP contribution in [-0.2, 0) is 0 Å². The molecule has 4 nitrogen and oxygen atoms in total. The zero-order valence-corrected chi connectivity index (χ0v) is 11.5. The molecule has 2 aliphatic rings. The van der Waals surface area contributed by atoms with E-state index in [0.717, 1.165) is 22.8 Å². The van der Waals surface area contributed by atoms with Gasteiger partial charge in [-0.15, -0.1) is 0 Å². The fourth-order valence-corrected chi connectivity index (χ4v) is 2.30. The van der Waals surface area contributed by atoms with Gasteiger partial charge in [0.2, 0.25) is 0 Å². The van der Waals surface area contributed by atoms with Gasteiger partial charge in [0, 0.05) is 23.4 Å². The molecule has 1 N–H and O–H groups in total. The molecule has 1 aromatic carbocycles.